The van der Waals surface area contributed by atoms with E-state index in [2.05, 4.69) is 65.6 Å². The summed E-state index contributed by atoms with van der Waals surface area (Å²) in [5, 5.41) is 0. The van der Waals surface area contributed by atoms with E-state index < -0.39 is 0 Å². The van der Waals surface area contributed by atoms with Gasteiger partial charge in [0.05, 0.1) is 14.2 Å². The minimum atomic E-state index is 0.369. The Hall–Kier alpha value is -2.78. The summed E-state index contributed by atoms with van der Waals surface area (Å²) in [6.07, 6.45) is 2.08. The largest absolute Gasteiger partial charge is 0.493 e. The molecule has 142 valence electrons. The van der Waals surface area contributed by atoms with Crippen molar-refractivity contribution in [3.63, 3.8) is 0 Å². The number of ether oxygens (including phenoxy) is 2. The van der Waals surface area contributed by atoms with E-state index >= 15 is 0 Å². The third kappa shape index (κ3) is 2.70. The maximum absolute atomic E-state index is 5.87. The predicted octanol–water partition coefficient (Wildman–Crippen LogP) is 5.03. The highest BCUT2D eigenvalue weighted by Gasteiger charge is 2.37. The highest BCUT2D eigenvalue weighted by atomic mass is 16.5. The molecule has 1 aliphatic heterocycles. The maximum atomic E-state index is 5.87. The van der Waals surface area contributed by atoms with Gasteiger partial charge >= 0.3 is 0 Å². The molecular formula is C25H25NO2. The third-order valence-electron chi connectivity index (χ3n) is 6.17. The summed E-state index contributed by atoms with van der Waals surface area (Å²) in [6, 6.07) is 22.1. The maximum Gasteiger partial charge on any atom is 0.168 e. The van der Waals surface area contributed by atoms with Gasteiger partial charge in [-0.15, -0.1) is 0 Å². The van der Waals surface area contributed by atoms with Crippen LogP contribution in [0.4, 0.5) is 0 Å². The van der Waals surface area contributed by atoms with Gasteiger partial charge in [0.25, 0.3) is 0 Å². The molecule has 1 aliphatic carbocycles. The predicted molar refractivity (Wildman–Crippen MR) is 112 cm³/mol. The van der Waals surface area contributed by atoms with Crippen molar-refractivity contribution >= 4 is 0 Å². The number of hydrogen-bond donors (Lipinski definition) is 0. The van der Waals surface area contributed by atoms with E-state index in [1.807, 2.05) is 0 Å². The summed E-state index contributed by atoms with van der Waals surface area (Å²) in [4.78, 5) is 2.63. The summed E-state index contributed by atoms with van der Waals surface area (Å²) in [5.41, 5.74) is 8.09. The lowest BCUT2D eigenvalue weighted by Crippen LogP contribution is -2.38. The van der Waals surface area contributed by atoms with Crippen molar-refractivity contribution in [2.24, 2.45) is 0 Å². The molecular weight excluding hydrogens is 346 g/mol. The van der Waals surface area contributed by atoms with E-state index in [4.69, 9.17) is 9.47 Å². The zero-order chi connectivity index (χ0) is 19.1. The zero-order valence-electron chi connectivity index (χ0n) is 16.4. The van der Waals surface area contributed by atoms with E-state index in [1.54, 1.807) is 14.2 Å². The summed E-state index contributed by atoms with van der Waals surface area (Å²) in [6.45, 7) is 2.03. The first-order valence-corrected chi connectivity index (χ1v) is 9.94. The number of rotatable bonds is 4. The molecule has 0 amide bonds. The topological polar surface area (TPSA) is 21.7 Å². The molecule has 28 heavy (non-hydrogen) atoms. The lowest BCUT2D eigenvalue weighted by Gasteiger charge is -2.42. The monoisotopic (exact) mass is 371 g/mol. The van der Waals surface area contributed by atoms with Gasteiger partial charge in [0.1, 0.15) is 0 Å². The van der Waals surface area contributed by atoms with Gasteiger partial charge in [-0.1, -0.05) is 54.6 Å². The van der Waals surface area contributed by atoms with Crippen molar-refractivity contribution in [3.8, 4) is 22.6 Å². The van der Waals surface area contributed by atoms with E-state index in [0.29, 0.717) is 6.04 Å². The number of nitrogens with zero attached hydrogens (tertiary/aromatic N) is 1. The first kappa shape index (κ1) is 17.3. The van der Waals surface area contributed by atoms with Crippen molar-refractivity contribution in [2.75, 3.05) is 20.8 Å². The molecule has 0 spiro atoms. The van der Waals surface area contributed by atoms with E-state index in [9.17, 15) is 0 Å². The number of hydrogen-bond acceptors (Lipinski definition) is 3. The first-order chi connectivity index (χ1) is 13.8. The Balaban J connectivity index is 1.68. The number of fused-ring (bicyclic) bond motifs is 2. The molecule has 3 aromatic rings. The van der Waals surface area contributed by atoms with Crippen LogP contribution < -0.4 is 9.47 Å². The molecule has 2 aliphatic rings. The van der Waals surface area contributed by atoms with Crippen LogP contribution in [0.5, 0.6) is 11.5 Å². The smallest absolute Gasteiger partial charge is 0.168 e. The van der Waals surface area contributed by atoms with Crippen LogP contribution in [0, 0.1) is 0 Å². The molecule has 0 N–H and O–H groups in total. The van der Waals surface area contributed by atoms with Gasteiger partial charge in [0.15, 0.2) is 11.5 Å². The number of methoxy groups -OCH3 is 2. The Bertz CT molecular complexity index is 1010. The summed E-state index contributed by atoms with van der Waals surface area (Å²) >= 11 is 0. The van der Waals surface area contributed by atoms with Crippen LogP contribution in [-0.2, 0) is 19.4 Å². The van der Waals surface area contributed by atoms with Crippen LogP contribution in [-0.4, -0.2) is 25.7 Å². The normalized spacial score (nSPS) is 17.6. The quantitative estimate of drug-likeness (QED) is 0.642. The van der Waals surface area contributed by atoms with E-state index in [1.165, 1.54) is 33.4 Å². The second kappa shape index (κ2) is 6.99. The highest BCUT2D eigenvalue weighted by molar-refractivity contribution is 5.83. The molecule has 0 radical (unpaired) electrons. The molecule has 0 aromatic heterocycles. The van der Waals surface area contributed by atoms with Crippen molar-refractivity contribution in [1.29, 1.82) is 0 Å². The fourth-order valence-corrected chi connectivity index (χ4v) is 4.91. The van der Waals surface area contributed by atoms with Crippen LogP contribution in [0.15, 0.2) is 60.7 Å². The van der Waals surface area contributed by atoms with E-state index in [0.717, 1.165) is 37.4 Å². The lowest BCUT2D eigenvalue weighted by molar-refractivity contribution is 0.173. The molecule has 3 aromatic carbocycles. The fraction of sp³-hybridized carbons (Fsp3) is 0.280. The molecule has 0 bridgehead atoms. The molecule has 1 heterocycles. The molecule has 0 unspecified atom stereocenters. The molecule has 0 fully saturated rings. The van der Waals surface area contributed by atoms with Crippen LogP contribution in [0.3, 0.4) is 0 Å². The van der Waals surface area contributed by atoms with E-state index in [-0.39, 0.29) is 0 Å². The second-order valence-electron chi connectivity index (χ2n) is 7.64. The summed E-state index contributed by atoms with van der Waals surface area (Å²) in [7, 11) is 3.48. The Morgan fingerprint density at radius 2 is 1.71 bits per heavy atom. The van der Waals surface area contributed by atoms with Gasteiger partial charge in [0, 0.05) is 24.7 Å². The lowest BCUT2D eigenvalue weighted by atomic mass is 9.76. The molecule has 3 heteroatoms. The Labute approximate surface area is 166 Å². The van der Waals surface area contributed by atoms with Crippen molar-refractivity contribution in [2.45, 2.75) is 25.4 Å². The molecule has 5 rings (SSSR count). The average molecular weight is 371 g/mol. The minimum absolute atomic E-state index is 0.369. The summed E-state index contributed by atoms with van der Waals surface area (Å²) < 4.78 is 11.6. The minimum Gasteiger partial charge on any atom is -0.493 e. The SMILES string of the molecule is COc1cc2c3c(c1OC)-c1ccccc1C[C@H]3N(Cc1ccccc1)CC2. The van der Waals surface area contributed by atoms with Crippen LogP contribution in [0.2, 0.25) is 0 Å². The fourth-order valence-electron chi connectivity index (χ4n) is 4.91. The Kier molecular flexibility index (Phi) is 4.33. The van der Waals surface area contributed by atoms with Gasteiger partial charge in [-0.2, -0.15) is 0 Å². The van der Waals surface area contributed by atoms with Gasteiger partial charge in [0.2, 0.25) is 0 Å². The second-order valence-corrected chi connectivity index (χ2v) is 7.64. The first-order valence-electron chi connectivity index (χ1n) is 9.94. The van der Waals surface area contributed by atoms with Crippen LogP contribution >= 0.6 is 0 Å². The summed E-state index contributed by atoms with van der Waals surface area (Å²) in [5.74, 6) is 1.70. The average Bonchev–Trinajstić information content (AvgIpc) is 2.75. The molecule has 0 saturated heterocycles. The number of benzene rings is 3. The van der Waals surface area contributed by atoms with Crippen LogP contribution in [0.1, 0.15) is 28.3 Å². The molecule has 1 atom stereocenters. The van der Waals surface area contributed by atoms with Gasteiger partial charge in [-0.3, -0.25) is 4.90 Å². The van der Waals surface area contributed by atoms with Crippen molar-refractivity contribution < 1.29 is 9.47 Å². The third-order valence-corrected chi connectivity index (χ3v) is 6.17. The Morgan fingerprint density at radius 1 is 0.929 bits per heavy atom. The zero-order valence-corrected chi connectivity index (χ0v) is 16.4. The standard InChI is InChI=1S/C25H25NO2/c1-27-22-15-19-12-13-26(16-17-8-4-3-5-9-17)21-14-18-10-6-7-11-20(18)24(23(19)21)25(22)28-2/h3-11,15,21H,12-14,16H2,1-2H3/t21-/m1/s1. The highest BCUT2D eigenvalue weighted by Crippen LogP contribution is 2.52. The van der Waals surface area contributed by atoms with Crippen molar-refractivity contribution in [3.05, 3.63) is 82.9 Å². The Morgan fingerprint density at radius 3 is 2.50 bits per heavy atom. The molecule has 0 saturated carbocycles. The van der Waals surface area contributed by atoms with Crippen LogP contribution in [0.25, 0.3) is 11.1 Å². The van der Waals surface area contributed by atoms with Gasteiger partial charge < -0.3 is 9.47 Å². The molecule has 3 nitrogen and oxygen atoms in total. The van der Waals surface area contributed by atoms with Crippen molar-refractivity contribution in [1.82, 2.24) is 4.90 Å². The van der Waals surface area contributed by atoms with Gasteiger partial charge in [-0.05, 0) is 46.7 Å². The van der Waals surface area contributed by atoms with Gasteiger partial charge in [-0.25, -0.2) is 0 Å².